The van der Waals surface area contributed by atoms with Crippen molar-refractivity contribution in [3.63, 3.8) is 0 Å². The fourth-order valence-electron chi connectivity index (χ4n) is 5.23. The molecule has 32 heavy (non-hydrogen) atoms. The Hall–Kier alpha value is -2.70. The third-order valence-corrected chi connectivity index (χ3v) is 8.07. The molecule has 0 unspecified atom stereocenters. The number of nitrogens with zero attached hydrogens (tertiary/aromatic N) is 2. The predicted molar refractivity (Wildman–Crippen MR) is 129 cm³/mol. The van der Waals surface area contributed by atoms with Crippen LogP contribution in [0.15, 0.2) is 66.2 Å². The second kappa shape index (κ2) is 9.04. The molecule has 0 aliphatic carbocycles. The number of ether oxygens (including phenoxy) is 1. The molecule has 3 saturated heterocycles. The van der Waals surface area contributed by atoms with E-state index in [9.17, 15) is 4.79 Å². The van der Waals surface area contributed by atoms with Gasteiger partial charge in [0.1, 0.15) is 5.60 Å². The number of aromatic nitrogens is 1. The minimum absolute atomic E-state index is 0.313. The number of hydrogen-bond acceptors (Lipinski definition) is 4. The summed E-state index contributed by atoms with van der Waals surface area (Å²) in [5.74, 6) is 0.584. The van der Waals surface area contributed by atoms with E-state index in [2.05, 4.69) is 40.6 Å². The number of benzene rings is 2. The lowest BCUT2D eigenvalue weighted by Gasteiger charge is -2.54. The van der Waals surface area contributed by atoms with E-state index in [4.69, 9.17) is 4.74 Å². The molecule has 3 aliphatic heterocycles. The quantitative estimate of drug-likeness (QED) is 0.469. The van der Waals surface area contributed by atoms with Crippen LogP contribution >= 0.6 is 11.3 Å². The molecule has 2 bridgehead atoms. The molecule has 5 nitrogen and oxygen atoms in total. The predicted octanol–water partition coefficient (Wildman–Crippen LogP) is 5.74. The first-order valence-corrected chi connectivity index (χ1v) is 12.4. The highest BCUT2D eigenvalue weighted by Gasteiger charge is 2.51. The van der Waals surface area contributed by atoms with Crippen LogP contribution in [0, 0.1) is 0 Å². The van der Waals surface area contributed by atoms with E-state index in [0.29, 0.717) is 5.82 Å². The molecule has 1 amide bonds. The molecule has 4 heterocycles. The zero-order valence-corrected chi connectivity index (χ0v) is 19.2. The number of quaternary nitrogens is 1. The Morgan fingerprint density at radius 3 is 2.34 bits per heavy atom. The van der Waals surface area contributed by atoms with Crippen molar-refractivity contribution in [1.29, 1.82) is 0 Å². The van der Waals surface area contributed by atoms with Gasteiger partial charge in [0.05, 0.1) is 36.6 Å². The maximum absolute atomic E-state index is 12.8. The van der Waals surface area contributed by atoms with Crippen molar-refractivity contribution in [2.75, 3.05) is 31.5 Å². The van der Waals surface area contributed by atoms with Crippen molar-refractivity contribution >= 4 is 23.2 Å². The van der Waals surface area contributed by atoms with Gasteiger partial charge in [0, 0.05) is 25.7 Å². The maximum atomic E-state index is 12.8. The molecule has 6 heteroatoms. The second-order valence-electron chi connectivity index (χ2n) is 9.17. The number of hydrogen-bond donors (Lipinski definition) is 1. The smallest absolute Gasteiger partial charge is 0.413 e. The molecular weight excluding hydrogens is 418 g/mol. The lowest BCUT2D eigenvalue weighted by Crippen LogP contribution is -2.65. The van der Waals surface area contributed by atoms with Gasteiger partial charge in [-0.3, -0.25) is 5.32 Å². The molecule has 0 atom stereocenters. The van der Waals surface area contributed by atoms with E-state index in [1.807, 2.05) is 30.3 Å². The molecule has 0 saturated carbocycles. The summed E-state index contributed by atoms with van der Waals surface area (Å²) in [6.45, 7) is 4.53. The normalized spacial score (nSPS) is 24.2. The minimum atomic E-state index is -0.376. The van der Waals surface area contributed by atoms with Crippen LogP contribution < -0.4 is 5.32 Å². The highest BCUT2D eigenvalue weighted by atomic mass is 32.1. The molecule has 166 valence electrons. The molecule has 2 aromatic carbocycles. The fourth-order valence-corrected chi connectivity index (χ4v) is 5.98. The largest absolute Gasteiger partial charge is 0.442 e. The summed E-state index contributed by atoms with van der Waals surface area (Å²) in [6, 6.07) is 20.8. The van der Waals surface area contributed by atoms with Crippen molar-refractivity contribution in [3.8, 4) is 10.4 Å². The lowest BCUT2D eigenvalue weighted by molar-refractivity contribution is -0.944. The summed E-state index contributed by atoms with van der Waals surface area (Å²) in [7, 11) is 0. The van der Waals surface area contributed by atoms with Gasteiger partial charge in [0.2, 0.25) is 0 Å². The van der Waals surface area contributed by atoms with Crippen LogP contribution in [0.4, 0.5) is 10.6 Å². The van der Waals surface area contributed by atoms with Crippen molar-refractivity contribution in [1.82, 2.24) is 4.98 Å². The van der Waals surface area contributed by atoms with E-state index in [-0.39, 0.29) is 11.7 Å². The van der Waals surface area contributed by atoms with Crippen LogP contribution in [0.2, 0.25) is 0 Å². The average Bonchev–Trinajstić information content (AvgIpc) is 3.29. The van der Waals surface area contributed by atoms with Crippen LogP contribution in [-0.2, 0) is 11.2 Å². The Balaban J connectivity index is 1.15. The number of nitrogens with one attached hydrogen (secondary N) is 1. The third kappa shape index (κ3) is 4.57. The van der Waals surface area contributed by atoms with Gasteiger partial charge in [-0.2, -0.15) is 0 Å². The fraction of sp³-hybridized carbons (Fsp3) is 0.385. The molecule has 6 rings (SSSR count). The first kappa shape index (κ1) is 21.2. The van der Waals surface area contributed by atoms with Crippen molar-refractivity contribution in [2.45, 2.75) is 37.7 Å². The van der Waals surface area contributed by atoms with Crippen LogP contribution in [0.25, 0.3) is 10.4 Å². The van der Waals surface area contributed by atoms with E-state index in [1.165, 1.54) is 34.3 Å². The second-order valence-corrected chi connectivity index (χ2v) is 10.0. The van der Waals surface area contributed by atoms with Gasteiger partial charge >= 0.3 is 6.09 Å². The number of piperidine rings is 3. The highest BCUT2D eigenvalue weighted by Crippen LogP contribution is 2.40. The van der Waals surface area contributed by atoms with Crippen LogP contribution in [0.1, 0.15) is 31.2 Å². The number of fused-ring (bicyclic) bond motifs is 3. The Labute approximate surface area is 193 Å². The summed E-state index contributed by atoms with van der Waals surface area (Å²) < 4.78 is 7.24. The molecule has 0 radical (unpaired) electrons. The van der Waals surface area contributed by atoms with Gasteiger partial charge in [-0.1, -0.05) is 60.7 Å². The van der Waals surface area contributed by atoms with E-state index in [1.54, 1.807) is 5.51 Å². The van der Waals surface area contributed by atoms with Crippen molar-refractivity contribution in [2.24, 2.45) is 0 Å². The lowest BCUT2D eigenvalue weighted by atomic mass is 9.80. The minimum Gasteiger partial charge on any atom is -0.442 e. The Morgan fingerprint density at radius 1 is 1.00 bits per heavy atom. The Bertz CT molecular complexity index is 1030. The molecule has 3 aromatic rings. The van der Waals surface area contributed by atoms with Gasteiger partial charge in [-0.05, 0) is 17.5 Å². The topological polar surface area (TPSA) is 51.2 Å². The summed E-state index contributed by atoms with van der Waals surface area (Å²) >= 11 is 1.52. The third-order valence-electron chi connectivity index (χ3n) is 7.20. The van der Waals surface area contributed by atoms with Gasteiger partial charge in [0.25, 0.3) is 0 Å². The maximum Gasteiger partial charge on any atom is 0.413 e. The van der Waals surface area contributed by atoms with Gasteiger partial charge in [0.15, 0.2) is 5.82 Å². The summed E-state index contributed by atoms with van der Waals surface area (Å²) in [5.41, 5.74) is 3.92. The number of carbonyl (C=O) groups excluding carboxylic acids is 1. The molecule has 1 N–H and O–H groups in total. The zero-order chi connectivity index (χ0) is 21.9. The molecule has 3 fully saturated rings. The van der Waals surface area contributed by atoms with Crippen molar-refractivity contribution in [3.05, 3.63) is 71.7 Å². The van der Waals surface area contributed by atoms with Gasteiger partial charge in [-0.25, -0.2) is 9.78 Å². The van der Waals surface area contributed by atoms with Crippen molar-refractivity contribution < 1.29 is 14.0 Å². The van der Waals surface area contributed by atoms with Crippen LogP contribution in [-0.4, -0.2) is 47.3 Å². The number of rotatable bonds is 7. The van der Waals surface area contributed by atoms with E-state index >= 15 is 0 Å². The number of carbonyl (C=O) groups is 1. The van der Waals surface area contributed by atoms with Crippen LogP contribution in [0.5, 0.6) is 0 Å². The average molecular weight is 449 g/mol. The van der Waals surface area contributed by atoms with E-state index in [0.717, 1.165) is 55.8 Å². The van der Waals surface area contributed by atoms with Gasteiger partial charge < -0.3 is 9.22 Å². The Morgan fingerprint density at radius 2 is 1.66 bits per heavy atom. The molecule has 1 aromatic heterocycles. The van der Waals surface area contributed by atoms with Crippen LogP contribution in [0.3, 0.4) is 0 Å². The first-order chi connectivity index (χ1) is 15.7. The monoisotopic (exact) mass is 448 g/mol. The number of anilines is 1. The highest BCUT2D eigenvalue weighted by molar-refractivity contribution is 7.13. The first-order valence-electron chi connectivity index (χ1n) is 11.5. The van der Waals surface area contributed by atoms with Gasteiger partial charge in [-0.15, -0.1) is 11.3 Å². The molecule has 0 spiro atoms. The SMILES string of the molecule is O=C(Nc1ncsc1-c1ccccc1)OC12CC[N+](CCCc3ccccc3)(CC1)CC2. The zero-order valence-electron chi connectivity index (χ0n) is 18.3. The number of thiazole rings is 1. The number of amides is 1. The molecular formula is C26H30N3O2S+. The molecule has 3 aliphatic rings. The summed E-state index contributed by atoms with van der Waals surface area (Å²) in [6.07, 6.45) is 4.84. The number of aryl methyl sites for hydroxylation is 1. The standard InChI is InChI=1S/C26H29N3O2S/c30-25(28-24-23(32-20-27-24)22-11-5-2-6-12-22)31-26-13-17-29(18-14-26,19-15-26)16-7-10-21-8-3-1-4-9-21/h1-6,8-9,11-12,20H,7,10,13-19H2/p+1. The van der Waals surface area contributed by atoms with E-state index < -0.39 is 0 Å². The summed E-state index contributed by atoms with van der Waals surface area (Å²) in [5, 5.41) is 2.91. The Kier molecular flexibility index (Phi) is 5.98. The summed E-state index contributed by atoms with van der Waals surface area (Å²) in [4.78, 5) is 18.1.